The lowest BCUT2D eigenvalue weighted by molar-refractivity contribution is 0.0549. The van der Waals surface area contributed by atoms with E-state index < -0.39 is 0 Å². The Morgan fingerprint density at radius 3 is 3.18 bits per heavy atom. The molecule has 1 aliphatic heterocycles. The van der Waals surface area contributed by atoms with Gasteiger partial charge in [-0.3, -0.25) is 4.68 Å². The van der Waals surface area contributed by atoms with Gasteiger partial charge in [0.25, 0.3) is 0 Å². The van der Waals surface area contributed by atoms with Crippen molar-refractivity contribution in [3.05, 3.63) is 18.0 Å². The van der Waals surface area contributed by atoms with Gasteiger partial charge in [0, 0.05) is 38.4 Å². The summed E-state index contributed by atoms with van der Waals surface area (Å²) in [6, 6.07) is 0.239. The molecule has 0 spiro atoms. The minimum absolute atomic E-state index is 0.0382. The van der Waals surface area contributed by atoms with E-state index in [-0.39, 0.29) is 12.1 Å². The standard InChI is InChI=1S/C16H26N4O2/c1-20-11-12(10-18-20)4-3-8-17-16(21)19-14-5-2-6-15-13(14)7-9-22-15/h10-11,13-15H,2-9H2,1H3,(H2,17,19,21)/t13-,14-,15+/m1/s1. The van der Waals surface area contributed by atoms with Crippen molar-refractivity contribution in [1.82, 2.24) is 20.4 Å². The average molecular weight is 306 g/mol. The first-order chi connectivity index (χ1) is 10.7. The number of urea groups is 1. The lowest BCUT2D eigenvalue weighted by Gasteiger charge is -2.33. The van der Waals surface area contributed by atoms with Gasteiger partial charge in [0.2, 0.25) is 0 Å². The molecule has 3 rings (SSSR count). The van der Waals surface area contributed by atoms with Crippen molar-refractivity contribution >= 4 is 6.03 Å². The summed E-state index contributed by atoms with van der Waals surface area (Å²) >= 11 is 0. The highest BCUT2D eigenvalue weighted by Gasteiger charge is 2.38. The third-order valence-electron chi connectivity index (χ3n) is 4.78. The van der Waals surface area contributed by atoms with Crippen LogP contribution in [0.25, 0.3) is 0 Å². The first kappa shape index (κ1) is 15.3. The normalized spacial score (nSPS) is 27.4. The smallest absolute Gasteiger partial charge is 0.315 e. The van der Waals surface area contributed by atoms with Crippen molar-refractivity contribution in [2.75, 3.05) is 13.2 Å². The van der Waals surface area contributed by atoms with Crippen molar-refractivity contribution in [1.29, 1.82) is 0 Å². The number of nitrogens with one attached hydrogen (secondary N) is 2. The number of ether oxygens (including phenoxy) is 1. The Kier molecular flexibility index (Phi) is 4.97. The number of carbonyl (C=O) groups is 1. The topological polar surface area (TPSA) is 68.2 Å². The lowest BCUT2D eigenvalue weighted by Crippen LogP contribution is -2.49. The van der Waals surface area contributed by atoms with Crippen molar-refractivity contribution < 1.29 is 9.53 Å². The third-order valence-corrected chi connectivity index (χ3v) is 4.78. The summed E-state index contributed by atoms with van der Waals surface area (Å²) in [5.74, 6) is 0.509. The number of aryl methyl sites for hydroxylation is 2. The van der Waals surface area contributed by atoms with Gasteiger partial charge in [-0.05, 0) is 44.1 Å². The molecule has 3 atom stereocenters. The molecule has 1 aliphatic carbocycles. The first-order valence-electron chi connectivity index (χ1n) is 8.36. The summed E-state index contributed by atoms with van der Waals surface area (Å²) in [4.78, 5) is 12.0. The highest BCUT2D eigenvalue weighted by Crippen LogP contribution is 2.34. The van der Waals surface area contributed by atoms with Crippen molar-refractivity contribution in [2.45, 2.75) is 50.7 Å². The fraction of sp³-hybridized carbons (Fsp3) is 0.750. The van der Waals surface area contributed by atoms with E-state index in [2.05, 4.69) is 15.7 Å². The van der Waals surface area contributed by atoms with E-state index in [4.69, 9.17) is 4.74 Å². The van der Waals surface area contributed by atoms with Gasteiger partial charge in [-0.2, -0.15) is 5.10 Å². The maximum absolute atomic E-state index is 12.0. The van der Waals surface area contributed by atoms with Crippen molar-refractivity contribution in [3.63, 3.8) is 0 Å². The summed E-state index contributed by atoms with van der Waals surface area (Å²) in [7, 11) is 1.92. The number of rotatable bonds is 5. The Hall–Kier alpha value is -1.56. The zero-order valence-corrected chi connectivity index (χ0v) is 13.3. The van der Waals surface area contributed by atoms with E-state index in [0.29, 0.717) is 18.6 Å². The van der Waals surface area contributed by atoms with Crippen LogP contribution in [0.1, 0.15) is 37.7 Å². The quantitative estimate of drug-likeness (QED) is 0.812. The lowest BCUT2D eigenvalue weighted by atomic mass is 9.82. The van der Waals surface area contributed by atoms with E-state index in [1.807, 2.05) is 19.4 Å². The van der Waals surface area contributed by atoms with Crippen LogP contribution in [0, 0.1) is 5.92 Å². The fourth-order valence-corrected chi connectivity index (χ4v) is 3.67. The van der Waals surface area contributed by atoms with Gasteiger partial charge >= 0.3 is 6.03 Å². The minimum Gasteiger partial charge on any atom is -0.378 e. The summed E-state index contributed by atoms with van der Waals surface area (Å²) in [5, 5.41) is 10.3. The van der Waals surface area contributed by atoms with E-state index in [9.17, 15) is 4.79 Å². The van der Waals surface area contributed by atoms with E-state index >= 15 is 0 Å². The van der Waals surface area contributed by atoms with Crippen molar-refractivity contribution in [2.24, 2.45) is 13.0 Å². The number of carbonyl (C=O) groups excluding carboxylic acids is 1. The molecule has 0 unspecified atom stereocenters. The maximum atomic E-state index is 12.0. The number of amides is 2. The van der Waals surface area contributed by atoms with E-state index in [0.717, 1.165) is 45.1 Å². The Bertz CT molecular complexity index is 502. The van der Waals surface area contributed by atoms with E-state index in [1.165, 1.54) is 5.56 Å². The van der Waals surface area contributed by atoms with Crippen LogP contribution in [-0.2, 0) is 18.2 Å². The Morgan fingerprint density at radius 1 is 1.45 bits per heavy atom. The molecule has 0 aromatic carbocycles. The molecule has 1 aromatic rings. The van der Waals surface area contributed by atoms with Gasteiger partial charge in [0.1, 0.15) is 0 Å². The zero-order chi connectivity index (χ0) is 15.4. The van der Waals surface area contributed by atoms with Crippen LogP contribution in [0.5, 0.6) is 0 Å². The molecule has 0 radical (unpaired) electrons. The molecular weight excluding hydrogens is 280 g/mol. The second-order valence-electron chi connectivity index (χ2n) is 6.43. The van der Waals surface area contributed by atoms with E-state index in [1.54, 1.807) is 4.68 Å². The summed E-state index contributed by atoms with van der Waals surface area (Å²) in [6.07, 6.45) is 10.6. The molecule has 22 heavy (non-hydrogen) atoms. The number of fused-ring (bicyclic) bond motifs is 1. The van der Waals surface area contributed by atoms with Crippen LogP contribution in [0.4, 0.5) is 4.79 Å². The molecule has 2 N–H and O–H groups in total. The molecule has 1 saturated carbocycles. The van der Waals surface area contributed by atoms with Crippen LogP contribution in [0.3, 0.4) is 0 Å². The molecule has 6 nitrogen and oxygen atoms in total. The van der Waals surface area contributed by atoms with Gasteiger partial charge in [-0.1, -0.05) is 0 Å². The van der Waals surface area contributed by atoms with Gasteiger partial charge in [-0.25, -0.2) is 4.79 Å². The summed E-state index contributed by atoms with van der Waals surface area (Å²) < 4.78 is 7.54. The molecule has 6 heteroatoms. The van der Waals surface area contributed by atoms with Crippen LogP contribution in [0.15, 0.2) is 12.4 Å². The fourth-order valence-electron chi connectivity index (χ4n) is 3.67. The van der Waals surface area contributed by atoms with Crippen LogP contribution in [-0.4, -0.2) is 41.1 Å². The monoisotopic (exact) mass is 306 g/mol. The van der Waals surface area contributed by atoms with Crippen LogP contribution in [0.2, 0.25) is 0 Å². The molecule has 1 saturated heterocycles. The molecule has 2 fully saturated rings. The molecular formula is C16H26N4O2. The summed E-state index contributed by atoms with van der Waals surface area (Å²) in [5.41, 5.74) is 1.21. The van der Waals surface area contributed by atoms with Crippen molar-refractivity contribution in [3.8, 4) is 0 Å². The Labute approximate surface area is 131 Å². The van der Waals surface area contributed by atoms with Gasteiger partial charge < -0.3 is 15.4 Å². The number of hydrogen-bond acceptors (Lipinski definition) is 3. The van der Waals surface area contributed by atoms with Gasteiger partial charge in [0.15, 0.2) is 0 Å². The molecule has 2 aliphatic rings. The molecule has 2 amide bonds. The predicted octanol–water partition coefficient (Wildman–Crippen LogP) is 1.61. The number of hydrogen-bond donors (Lipinski definition) is 2. The second-order valence-corrected chi connectivity index (χ2v) is 6.43. The maximum Gasteiger partial charge on any atom is 0.315 e. The largest absolute Gasteiger partial charge is 0.378 e. The summed E-state index contributed by atoms with van der Waals surface area (Å²) in [6.45, 7) is 1.54. The van der Waals surface area contributed by atoms with Crippen LogP contribution < -0.4 is 10.6 Å². The average Bonchev–Trinajstić information content (AvgIpc) is 3.13. The molecule has 2 heterocycles. The predicted molar refractivity (Wildman–Crippen MR) is 83.5 cm³/mol. The SMILES string of the molecule is Cn1cc(CCCNC(=O)N[C@@H]2CCC[C@@H]3OCC[C@@H]32)cn1. The highest BCUT2D eigenvalue weighted by atomic mass is 16.5. The minimum atomic E-state index is -0.0382. The van der Waals surface area contributed by atoms with Gasteiger partial charge in [0.05, 0.1) is 12.3 Å². The molecule has 122 valence electrons. The zero-order valence-electron chi connectivity index (χ0n) is 13.3. The Balaban J connectivity index is 1.35. The molecule has 0 bridgehead atoms. The van der Waals surface area contributed by atoms with Gasteiger partial charge in [-0.15, -0.1) is 0 Å². The third kappa shape index (κ3) is 3.80. The Morgan fingerprint density at radius 2 is 2.36 bits per heavy atom. The number of aromatic nitrogens is 2. The second kappa shape index (κ2) is 7.13. The first-order valence-corrected chi connectivity index (χ1v) is 8.36. The number of nitrogens with zero attached hydrogens (tertiary/aromatic N) is 2. The van der Waals surface area contributed by atoms with Crippen LogP contribution >= 0.6 is 0 Å². The molecule has 1 aromatic heterocycles. The highest BCUT2D eigenvalue weighted by molar-refractivity contribution is 5.74.